The summed E-state index contributed by atoms with van der Waals surface area (Å²) in [5, 5.41) is 9.36. The Morgan fingerprint density at radius 2 is 2.04 bits per heavy atom. The highest BCUT2D eigenvalue weighted by atomic mass is 16.2. The van der Waals surface area contributed by atoms with Crippen molar-refractivity contribution in [3.63, 3.8) is 0 Å². The summed E-state index contributed by atoms with van der Waals surface area (Å²) in [5.74, 6) is 0.962. The lowest BCUT2D eigenvalue weighted by atomic mass is 10.1. The summed E-state index contributed by atoms with van der Waals surface area (Å²) in [6, 6.07) is 9.45. The molecule has 0 aliphatic rings. The molecule has 0 atom stereocenters. The van der Waals surface area contributed by atoms with Crippen molar-refractivity contribution >= 4 is 11.9 Å². The van der Waals surface area contributed by atoms with E-state index in [4.69, 9.17) is 0 Å². The zero-order valence-electron chi connectivity index (χ0n) is 14.6. The van der Waals surface area contributed by atoms with E-state index in [1.54, 1.807) is 6.20 Å². The average Bonchev–Trinajstić information content (AvgIpc) is 3.03. The Kier molecular flexibility index (Phi) is 5.21. The van der Waals surface area contributed by atoms with Gasteiger partial charge in [-0.15, -0.1) is 5.10 Å². The molecule has 2 N–H and O–H groups in total. The summed E-state index contributed by atoms with van der Waals surface area (Å²) >= 11 is 0. The second-order valence-electron chi connectivity index (χ2n) is 6.36. The van der Waals surface area contributed by atoms with Crippen molar-refractivity contribution in [1.82, 2.24) is 24.7 Å². The lowest BCUT2D eigenvalue weighted by Crippen LogP contribution is -2.27. The van der Waals surface area contributed by atoms with Crippen LogP contribution in [0.1, 0.15) is 19.7 Å². The number of carbonyl (C=O) groups is 1. The van der Waals surface area contributed by atoms with E-state index in [-0.39, 0.29) is 24.0 Å². The molecule has 0 spiro atoms. The fourth-order valence-corrected chi connectivity index (χ4v) is 2.47. The maximum atomic E-state index is 12.2. The van der Waals surface area contributed by atoms with Crippen LogP contribution < -0.4 is 10.9 Å². The van der Waals surface area contributed by atoms with E-state index in [9.17, 15) is 9.59 Å². The second kappa shape index (κ2) is 7.73. The Bertz CT molecular complexity index is 946. The molecule has 0 fully saturated rings. The zero-order chi connectivity index (χ0) is 18.5. The van der Waals surface area contributed by atoms with Crippen molar-refractivity contribution in [1.29, 1.82) is 0 Å². The lowest BCUT2D eigenvalue weighted by molar-refractivity contribution is -0.116. The number of benzene rings is 1. The minimum absolute atomic E-state index is 0.144. The van der Waals surface area contributed by atoms with Crippen LogP contribution in [0.2, 0.25) is 0 Å². The molecule has 3 rings (SSSR count). The molecule has 26 heavy (non-hydrogen) atoms. The first kappa shape index (κ1) is 17.5. The van der Waals surface area contributed by atoms with Crippen LogP contribution in [0.15, 0.2) is 47.5 Å². The maximum absolute atomic E-state index is 12.2. The first-order valence-electron chi connectivity index (χ1n) is 8.34. The third-order valence-corrected chi connectivity index (χ3v) is 3.64. The Labute approximate surface area is 150 Å². The number of nitrogens with one attached hydrogen (secondary N) is 2. The zero-order valence-corrected chi connectivity index (χ0v) is 14.6. The highest BCUT2D eigenvalue weighted by Gasteiger charge is 2.11. The standard InChI is InChI=1S/C18H20N6O2/c1-12(2)8-15-20-18(23-22-15)21-16(25)11-24-10-14(19-9-17(24)26)13-6-4-3-5-7-13/h3-7,9-10,12H,8,11H2,1-2H3,(H2,20,21,22,23,25). The van der Waals surface area contributed by atoms with E-state index in [2.05, 4.69) is 39.3 Å². The predicted octanol–water partition coefficient (Wildman–Crippen LogP) is 1.87. The van der Waals surface area contributed by atoms with Crippen LogP contribution >= 0.6 is 0 Å². The number of H-pyrrole nitrogens is 1. The molecule has 0 aliphatic carbocycles. The van der Waals surface area contributed by atoms with E-state index in [1.807, 2.05) is 30.3 Å². The van der Waals surface area contributed by atoms with Crippen molar-refractivity contribution < 1.29 is 4.79 Å². The molecule has 2 aromatic heterocycles. The molecule has 0 saturated heterocycles. The molecular weight excluding hydrogens is 332 g/mol. The summed E-state index contributed by atoms with van der Waals surface area (Å²) in [6.45, 7) is 4.00. The van der Waals surface area contributed by atoms with Crippen LogP contribution in [-0.2, 0) is 17.8 Å². The van der Waals surface area contributed by atoms with Gasteiger partial charge in [0, 0.05) is 18.2 Å². The van der Waals surface area contributed by atoms with Gasteiger partial charge in [-0.1, -0.05) is 44.2 Å². The van der Waals surface area contributed by atoms with Gasteiger partial charge in [-0.25, -0.2) is 4.98 Å². The molecule has 8 heteroatoms. The van der Waals surface area contributed by atoms with Crippen LogP contribution in [0, 0.1) is 5.92 Å². The number of carbonyl (C=O) groups excluding carboxylic acids is 1. The largest absolute Gasteiger partial charge is 0.303 e. The molecule has 134 valence electrons. The monoisotopic (exact) mass is 352 g/mol. The summed E-state index contributed by atoms with van der Waals surface area (Å²) in [6.07, 6.45) is 3.52. The maximum Gasteiger partial charge on any atom is 0.269 e. The number of rotatable bonds is 6. The minimum Gasteiger partial charge on any atom is -0.303 e. The molecule has 3 aromatic rings. The topological polar surface area (TPSA) is 106 Å². The van der Waals surface area contributed by atoms with Crippen LogP contribution in [-0.4, -0.2) is 30.6 Å². The highest BCUT2D eigenvalue weighted by molar-refractivity contribution is 5.88. The number of nitrogens with zero attached hydrogens (tertiary/aromatic N) is 4. The third kappa shape index (κ3) is 4.41. The normalized spacial score (nSPS) is 10.9. The van der Waals surface area contributed by atoms with Gasteiger partial charge in [-0.2, -0.15) is 4.98 Å². The van der Waals surface area contributed by atoms with Gasteiger partial charge in [-0.05, 0) is 5.92 Å². The Balaban J connectivity index is 1.71. The first-order chi connectivity index (χ1) is 12.5. The van der Waals surface area contributed by atoms with E-state index >= 15 is 0 Å². The molecule has 2 heterocycles. The molecule has 1 amide bonds. The summed E-state index contributed by atoms with van der Waals surface area (Å²) < 4.78 is 1.31. The number of anilines is 1. The van der Waals surface area contributed by atoms with Crippen LogP contribution in [0.4, 0.5) is 5.95 Å². The van der Waals surface area contributed by atoms with Gasteiger partial charge in [0.15, 0.2) is 0 Å². The lowest BCUT2D eigenvalue weighted by Gasteiger charge is -2.07. The molecular formula is C18H20N6O2. The highest BCUT2D eigenvalue weighted by Crippen LogP contribution is 2.14. The van der Waals surface area contributed by atoms with Gasteiger partial charge in [0.2, 0.25) is 11.9 Å². The first-order valence-corrected chi connectivity index (χ1v) is 8.34. The van der Waals surface area contributed by atoms with E-state index in [0.717, 1.165) is 12.0 Å². The van der Waals surface area contributed by atoms with Crippen molar-refractivity contribution in [3.05, 3.63) is 58.9 Å². The molecule has 0 unspecified atom stereocenters. The summed E-state index contributed by atoms with van der Waals surface area (Å²) in [7, 11) is 0. The van der Waals surface area contributed by atoms with Gasteiger partial charge in [-0.3, -0.25) is 20.0 Å². The number of amides is 1. The number of hydrogen-bond acceptors (Lipinski definition) is 5. The number of aromatic amines is 1. The van der Waals surface area contributed by atoms with Crippen molar-refractivity contribution in [2.75, 3.05) is 5.32 Å². The van der Waals surface area contributed by atoms with Gasteiger partial charge in [0.05, 0.1) is 11.9 Å². The van der Waals surface area contributed by atoms with Gasteiger partial charge < -0.3 is 4.57 Å². The number of aromatic nitrogens is 5. The fourth-order valence-electron chi connectivity index (χ4n) is 2.47. The minimum atomic E-state index is -0.382. The van der Waals surface area contributed by atoms with Crippen LogP contribution in [0.25, 0.3) is 11.3 Å². The summed E-state index contributed by atoms with van der Waals surface area (Å²) in [4.78, 5) is 32.6. The Morgan fingerprint density at radius 1 is 1.27 bits per heavy atom. The second-order valence-corrected chi connectivity index (χ2v) is 6.36. The van der Waals surface area contributed by atoms with Crippen LogP contribution in [0.3, 0.4) is 0 Å². The van der Waals surface area contributed by atoms with E-state index in [0.29, 0.717) is 17.4 Å². The van der Waals surface area contributed by atoms with Crippen molar-refractivity contribution in [3.8, 4) is 11.3 Å². The van der Waals surface area contributed by atoms with E-state index in [1.165, 1.54) is 10.8 Å². The van der Waals surface area contributed by atoms with Crippen LogP contribution in [0.5, 0.6) is 0 Å². The van der Waals surface area contributed by atoms with Crippen molar-refractivity contribution in [2.24, 2.45) is 5.92 Å². The SMILES string of the molecule is CC(C)Cc1nc(NC(=O)Cn2cc(-c3ccccc3)ncc2=O)n[nH]1. The fraction of sp³-hybridized carbons (Fsp3) is 0.278. The molecule has 0 aliphatic heterocycles. The van der Waals surface area contributed by atoms with Crippen molar-refractivity contribution in [2.45, 2.75) is 26.8 Å². The smallest absolute Gasteiger partial charge is 0.269 e. The quantitative estimate of drug-likeness (QED) is 0.704. The third-order valence-electron chi connectivity index (χ3n) is 3.64. The Morgan fingerprint density at radius 3 is 2.77 bits per heavy atom. The number of hydrogen-bond donors (Lipinski definition) is 2. The van der Waals surface area contributed by atoms with Gasteiger partial charge in [0.25, 0.3) is 5.56 Å². The molecule has 0 saturated carbocycles. The predicted molar refractivity (Wildman–Crippen MR) is 97.5 cm³/mol. The van der Waals surface area contributed by atoms with Gasteiger partial charge >= 0.3 is 0 Å². The van der Waals surface area contributed by atoms with Gasteiger partial charge in [0.1, 0.15) is 12.4 Å². The molecule has 0 radical (unpaired) electrons. The molecule has 0 bridgehead atoms. The van der Waals surface area contributed by atoms with E-state index < -0.39 is 0 Å². The molecule has 1 aromatic carbocycles. The molecule has 8 nitrogen and oxygen atoms in total. The Hall–Kier alpha value is -3.29. The average molecular weight is 352 g/mol. The summed E-state index contributed by atoms with van der Waals surface area (Å²) in [5.41, 5.74) is 1.14.